The number of hydrogen-bond acceptors (Lipinski definition) is 7. The number of carboxylic acids is 1. The lowest BCUT2D eigenvalue weighted by atomic mass is 9.81. The molecule has 36 heavy (non-hydrogen) atoms. The summed E-state index contributed by atoms with van der Waals surface area (Å²) >= 11 is 0. The average molecular weight is 513 g/mol. The normalized spacial score (nSPS) is 15.6. The van der Waals surface area contributed by atoms with Crippen LogP contribution in [0.5, 0.6) is 0 Å². The van der Waals surface area contributed by atoms with Gasteiger partial charge < -0.3 is 20.6 Å². The van der Waals surface area contributed by atoms with E-state index in [0.717, 1.165) is 35.6 Å². The van der Waals surface area contributed by atoms with Gasteiger partial charge in [0.1, 0.15) is 9.84 Å². The Bertz CT molecular complexity index is 1190. The number of nitriles is 1. The van der Waals surface area contributed by atoms with E-state index in [1.54, 1.807) is 12.1 Å². The van der Waals surface area contributed by atoms with Gasteiger partial charge in [0.2, 0.25) is 0 Å². The highest BCUT2D eigenvalue weighted by Crippen LogP contribution is 2.36. The Labute approximate surface area is 214 Å². The van der Waals surface area contributed by atoms with Crippen molar-refractivity contribution in [2.24, 2.45) is 0 Å². The van der Waals surface area contributed by atoms with Crippen molar-refractivity contribution >= 4 is 32.9 Å². The van der Waals surface area contributed by atoms with Crippen molar-refractivity contribution in [3.05, 3.63) is 53.6 Å². The summed E-state index contributed by atoms with van der Waals surface area (Å²) in [5, 5.41) is 25.2. The topological polar surface area (TPSA) is 123 Å². The highest BCUT2D eigenvalue weighted by molar-refractivity contribution is 7.91. The highest BCUT2D eigenvalue weighted by atomic mass is 32.2. The van der Waals surface area contributed by atoms with Crippen LogP contribution in [0.4, 0.5) is 17.1 Å². The third-order valence-corrected chi connectivity index (χ3v) is 8.41. The fraction of sp³-hybridized carbons (Fsp3) is 0.481. The molecule has 1 aliphatic rings. The predicted octanol–water partition coefficient (Wildman–Crippen LogP) is 4.59. The van der Waals surface area contributed by atoms with E-state index in [9.17, 15) is 18.3 Å². The molecule has 0 aromatic heterocycles. The fourth-order valence-electron chi connectivity index (χ4n) is 4.66. The number of hydrogen-bond donors (Lipinski definition) is 3. The second-order valence-electron chi connectivity index (χ2n) is 9.98. The summed E-state index contributed by atoms with van der Waals surface area (Å²) in [5.74, 6) is -0.452. The van der Waals surface area contributed by atoms with Crippen molar-refractivity contribution in [2.45, 2.75) is 57.9 Å². The molecule has 1 saturated heterocycles. The zero-order valence-corrected chi connectivity index (χ0v) is 22.1. The lowest BCUT2D eigenvalue weighted by Gasteiger charge is -2.37. The first-order valence-electron chi connectivity index (χ1n) is 12.4. The minimum Gasteiger partial charge on any atom is -0.481 e. The summed E-state index contributed by atoms with van der Waals surface area (Å²) in [5.41, 5.74) is 3.67. The molecule has 1 aliphatic heterocycles. The largest absolute Gasteiger partial charge is 0.481 e. The van der Waals surface area contributed by atoms with E-state index in [1.165, 1.54) is 0 Å². The molecule has 1 fully saturated rings. The second-order valence-corrected chi connectivity index (χ2v) is 12.3. The number of nitrogens with zero attached hydrogens (tertiary/aromatic N) is 2. The van der Waals surface area contributed by atoms with Crippen LogP contribution in [-0.2, 0) is 20.0 Å². The van der Waals surface area contributed by atoms with Crippen LogP contribution in [0, 0.1) is 11.3 Å². The molecule has 9 heteroatoms. The van der Waals surface area contributed by atoms with Gasteiger partial charge in [0.05, 0.1) is 47.6 Å². The minimum absolute atomic E-state index is 0.00837. The average Bonchev–Trinajstić information content (AvgIpc) is 2.82. The first kappa shape index (κ1) is 27.3. The lowest BCUT2D eigenvalue weighted by Crippen LogP contribution is -2.42. The number of benzene rings is 2. The van der Waals surface area contributed by atoms with Crippen LogP contribution in [0.3, 0.4) is 0 Å². The molecular weight excluding hydrogens is 476 g/mol. The Kier molecular flexibility index (Phi) is 8.85. The summed E-state index contributed by atoms with van der Waals surface area (Å²) in [6.07, 6.45) is 2.11. The summed E-state index contributed by atoms with van der Waals surface area (Å²) in [6, 6.07) is 15.5. The van der Waals surface area contributed by atoms with Crippen LogP contribution in [0.2, 0.25) is 0 Å². The molecular formula is C27H36N4O4S. The maximum atomic E-state index is 12.0. The monoisotopic (exact) mass is 512 g/mol. The van der Waals surface area contributed by atoms with E-state index >= 15 is 0 Å². The van der Waals surface area contributed by atoms with Crippen molar-refractivity contribution < 1.29 is 18.3 Å². The van der Waals surface area contributed by atoms with E-state index in [0.29, 0.717) is 25.1 Å². The van der Waals surface area contributed by atoms with Crippen LogP contribution in [-0.4, -0.2) is 50.3 Å². The van der Waals surface area contributed by atoms with Crippen LogP contribution >= 0.6 is 0 Å². The van der Waals surface area contributed by atoms with Gasteiger partial charge in [0.25, 0.3) is 0 Å². The smallest absolute Gasteiger partial charge is 0.304 e. The number of aliphatic carboxylic acids is 1. The van der Waals surface area contributed by atoms with Gasteiger partial charge in [-0.25, -0.2) is 8.42 Å². The van der Waals surface area contributed by atoms with Gasteiger partial charge in [-0.1, -0.05) is 26.8 Å². The Balaban J connectivity index is 1.90. The quantitative estimate of drug-likeness (QED) is 0.374. The SMILES string of the molecule is CCCN(c1ccc(C(C)(C)CC(=O)O)cc1NCNc1ccc(C#N)cc1)C1CCS(=O)(=O)CC1. The van der Waals surface area contributed by atoms with E-state index in [4.69, 9.17) is 5.26 Å². The molecule has 2 aromatic rings. The summed E-state index contributed by atoms with van der Waals surface area (Å²) in [7, 11) is -2.97. The molecule has 3 N–H and O–H groups in total. The highest BCUT2D eigenvalue weighted by Gasteiger charge is 2.30. The van der Waals surface area contributed by atoms with Crippen LogP contribution in [0.15, 0.2) is 42.5 Å². The second kappa shape index (κ2) is 11.7. The van der Waals surface area contributed by atoms with Gasteiger partial charge in [0.15, 0.2) is 0 Å². The van der Waals surface area contributed by atoms with E-state index in [-0.39, 0.29) is 24.0 Å². The van der Waals surface area contributed by atoms with Crippen LogP contribution in [0.1, 0.15) is 57.6 Å². The number of sulfone groups is 1. The molecule has 0 aliphatic carbocycles. The molecule has 0 radical (unpaired) electrons. The Morgan fingerprint density at radius 1 is 1.14 bits per heavy atom. The molecule has 1 heterocycles. The molecule has 2 aromatic carbocycles. The molecule has 0 saturated carbocycles. The number of anilines is 3. The van der Waals surface area contributed by atoms with Crippen LogP contribution < -0.4 is 15.5 Å². The molecule has 3 rings (SSSR count). The molecule has 8 nitrogen and oxygen atoms in total. The van der Waals surface area contributed by atoms with Gasteiger partial charge in [0, 0.05) is 23.7 Å². The number of nitrogens with one attached hydrogen (secondary N) is 2. The van der Waals surface area contributed by atoms with Gasteiger partial charge in [-0.15, -0.1) is 0 Å². The standard InChI is InChI=1S/C27H36N4O4S/c1-4-13-31(23-11-14-36(34,35)15-12-23)25-10-7-21(27(2,3)17-26(32)33)16-24(25)30-19-29-22-8-5-20(18-28)6-9-22/h5-10,16,23,29-30H,4,11-15,17,19H2,1-3H3,(H,32,33). The van der Waals surface area contributed by atoms with Crippen molar-refractivity contribution in [2.75, 3.05) is 40.3 Å². The Morgan fingerprint density at radius 2 is 1.81 bits per heavy atom. The van der Waals surface area contributed by atoms with Gasteiger partial charge in [-0.3, -0.25) is 4.79 Å². The fourth-order valence-corrected chi connectivity index (χ4v) is 6.13. The Morgan fingerprint density at radius 3 is 2.39 bits per heavy atom. The third kappa shape index (κ3) is 7.14. The molecule has 0 spiro atoms. The number of carboxylic acid groups (broad SMARTS) is 1. The first-order chi connectivity index (χ1) is 17.0. The van der Waals surface area contributed by atoms with Crippen LogP contribution in [0.25, 0.3) is 0 Å². The minimum atomic E-state index is -2.97. The maximum absolute atomic E-state index is 12.0. The summed E-state index contributed by atoms with van der Waals surface area (Å²) in [4.78, 5) is 13.8. The van der Waals surface area contributed by atoms with Crippen molar-refractivity contribution in [3.63, 3.8) is 0 Å². The first-order valence-corrected chi connectivity index (χ1v) is 14.2. The Hall–Kier alpha value is -3.25. The molecule has 0 atom stereocenters. The number of carbonyl (C=O) groups is 1. The van der Waals surface area contributed by atoms with Crippen molar-refractivity contribution in [1.82, 2.24) is 0 Å². The molecule has 194 valence electrons. The summed E-state index contributed by atoms with van der Waals surface area (Å²) < 4.78 is 24.1. The van der Waals surface area contributed by atoms with Gasteiger partial charge in [-0.05, 0) is 61.2 Å². The van der Waals surface area contributed by atoms with E-state index < -0.39 is 21.2 Å². The molecule has 0 unspecified atom stereocenters. The summed E-state index contributed by atoms with van der Waals surface area (Å²) in [6.45, 7) is 7.16. The van der Waals surface area contributed by atoms with Gasteiger partial charge >= 0.3 is 5.97 Å². The molecule has 0 bridgehead atoms. The predicted molar refractivity (Wildman–Crippen MR) is 144 cm³/mol. The van der Waals surface area contributed by atoms with Crippen molar-refractivity contribution in [1.29, 1.82) is 5.26 Å². The lowest BCUT2D eigenvalue weighted by molar-refractivity contribution is -0.138. The van der Waals surface area contributed by atoms with Gasteiger partial charge in [-0.2, -0.15) is 5.26 Å². The third-order valence-electron chi connectivity index (χ3n) is 6.70. The number of rotatable bonds is 11. The van der Waals surface area contributed by atoms with Crippen molar-refractivity contribution in [3.8, 4) is 6.07 Å². The zero-order valence-electron chi connectivity index (χ0n) is 21.3. The van der Waals surface area contributed by atoms with E-state index in [1.807, 2.05) is 44.2 Å². The zero-order chi connectivity index (χ0) is 26.3. The van der Waals surface area contributed by atoms with E-state index in [2.05, 4.69) is 28.5 Å². The maximum Gasteiger partial charge on any atom is 0.304 e. The molecule has 0 amide bonds.